The van der Waals surface area contributed by atoms with Crippen molar-refractivity contribution in [2.24, 2.45) is 5.73 Å². The summed E-state index contributed by atoms with van der Waals surface area (Å²) in [4.78, 5) is 19.6. The van der Waals surface area contributed by atoms with Crippen molar-refractivity contribution < 1.29 is 0 Å². The summed E-state index contributed by atoms with van der Waals surface area (Å²) < 4.78 is 0.729. The molecule has 0 aliphatic heterocycles. The lowest BCUT2D eigenvalue weighted by Crippen LogP contribution is -2.22. The molecule has 0 amide bonds. The van der Waals surface area contributed by atoms with Crippen molar-refractivity contribution in [2.45, 2.75) is 30.3 Å². The minimum atomic E-state index is -0.150. The summed E-state index contributed by atoms with van der Waals surface area (Å²) in [5, 5.41) is 0.597. The van der Waals surface area contributed by atoms with Gasteiger partial charge in [0.2, 0.25) is 0 Å². The van der Waals surface area contributed by atoms with Crippen LogP contribution in [0.1, 0.15) is 22.7 Å². The van der Waals surface area contributed by atoms with E-state index in [0.29, 0.717) is 10.9 Å². The van der Waals surface area contributed by atoms with Crippen LogP contribution in [0.3, 0.4) is 0 Å². The van der Waals surface area contributed by atoms with Crippen molar-refractivity contribution in [3.63, 3.8) is 0 Å². The lowest BCUT2D eigenvalue weighted by Gasteiger charge is -2.18. The lowest BCUT2D eigenvalue weighted by molar-refractivity contribution is 0.725. The first-order valence-corrected chi connectivity index (χ1v) is 7.78. The van der Waals surface area contributed by atoms with E-state index in [-0.39, 0.29) is 16.9 Å². The minimum Gasteiger partial charge on any atom is -0.327 e. The van der Waals surface area contributed by atoms with E-state index in [4.69, 9.17) is 17.3 Å². The van der Waals surface area contributed by atoms with E-state index in [1.807, 2.05) is 19.1 Å². The molecule has 19 heavy (non-hydrogen) atoms. The van der Waals surface area contributed by atoms with Gasteiger partial charge in [-0.3, -0.25) is 4.79 Å². The Morgan fingerprint density at radius 1 is 1.53 bits per heavy atom. The van der Waals surface area contributed by atoms with Crippen LogP contribution in [0.25, 0.3) is 0 Å². The summed E-state index contributed by atoms with van der Waals surface area (Å²) in [5.41, 5.74) is 6.57. The van der Waals surface area contributed by atoms with Crippen molar-refractivity contribution in [3.05, 3.63) is 43.5 Å². The maximum atomic E-state index is 11.4. The van der Waals surface area contributed by atoms with Gasteiger partial charge in [0.05, 0.1) is 9.59 Å². The fraction of sp³-hybridized carbons (Fsp3) is 0.333. The molecule has 2 aromatic heterocycles. The first kappa shape index (κ1) is 14.6. The zero-order valence-corrected chi connectivity index (χ0v) is 12.9. The highest BCUT2D eigenvalue weighted by Gasteiger charge is 2.21. The van der Waals surface area contributed by atoms with E-state index in [2.05, 4.69) is 9.97 Å². The molecule has 0 bridgehead atoms. The molecule has 102 valence electrons. The van der Waals surface area contributed by atoms with Crippen LogP contribution in [-0.2, 0) is 0 Å². The Labute approximate surface area is 124 Å². The minimum absolute atomic E-state index is 0.0162. The maximum absolute atomic E-state index is 11.4. The Morgan fingerprint density at radius 2 is 2.26 bits per heavy atom. The van der Waals surface area contributed by atoms with Gasteiger partial charge in [0.1, 0.15) is 0 Å². The Morgan fingerprint density at radius 3 is 2.79 bits per heavy atom. The van der Waals surface area contributed by atoms with Crippen molar-refractivity contribution in [2.75, 3.05) is 0 Å². The number of nitrogens with zero attached hydrogens (tertiary/aromatic N) is 1. The van der Waals surface area contributed by atoms with Crippen LogP contribution in [-0.4, -0.2) is 16.0 Å². The molecule has 2 unspecified atom stereocenters. The van der Waals surface area contributed by atoms with Crippen LogP contribution in [0.4, 0.5) is 0 Å². The van der Waals surface area contributed by atoms with Gasteiger partial charge in [0, 0.05) is 22.7 Å². The molecule has 0 radical (unpaired) electrons. The first-order chi connectivity index (χ1) is 8.95. The highest BCUT2D eigenvalue weighted by molar-refractivity contribution is 7.99. The summed E-state index contributed by atoms with van der Waals surface area (Å²) in [5.74, 6) is 0. The van der Waals surface area contributed by atoms with E-state index in [1.165, 1.54) is 29.2 Å². The predicted octanol–water partition coefficient (Wildman–Crippen LogP) is 2.97. The molecule has 0 fully saturated rings. The van der Waals surface area contributed by atoms with Crippen LogP contribution in [0.5, 0.6) is 0 Å². The van der Waals surface area contributed by atoms with Gasteiger partial charge < -0.3 is 10.7 Å². The second kappa shape index (κ2) is 6.09. The van der Waals surface area contributed by atoms with Crippen LogP contribution < -0.4 is 11.3 Å². The van der Waals surface area contributed by atoms with E-state index in [0.717, 1.165) is 9.21 Å². The number of nitrogens with two attached hydrogens (primary N) is 1. The fourth-order valence-corrected chi connectivity index (χ4v) is 4.09. The van der Waals surface area contributed by atoms with Crippen LogP contribution in [0.2, 0.25) is 4.34 Å². The van der Waals surface area contributed by atoms with Gasteiger partial charge in [0.15, 0.2) is 5.16 Å². The molecule has 2 heterocycles. The van der Waals surface area contributed by atoms with E-state index in [9.17, 15) is 4.79 Å². The largest absolute Gasteiger partial charge is 0.327 e. The number of hydrogen-bond donors (Lipinski definition) is 2. The summed E-state index contributed by atoms with van der Waals surface area (Å²) in [7, 11) is 0. The quantitative estimate of drug-likeness (QED) is 0.672. The molecule has 4 nitrogen and oxygen atoms in total. The standard InChI is InChI=1S/C12H14ClN3OS2/c1-6-5-10(17)16-12(15-6)19-11(7(2)14)8-3-4-9(13)18-8/h3-5,7,11H,14H2,1-2H3,(H,15,16,17). The van der Waals surface area contributed by atoms with Gasteiger partial charge in [-0.25, -0.2) is 4.98 Å². The van der Waals surface area contributed by atoms with Crippen LogP contribution in [0, 0.1) is 6.92 Å². The normalized spacial score (nSPS) is 14.3. The fourth-order valence-electron chi connectivity index (χ4n) is 1.63. The number of aromatic amines is 1. The average Bonchev–Trinajstić information content (AvgIpc) is 2.70. The monoisotopic (exact) mass is 315 g/mol. The molecule has 0 aromatic carbocycles. The zero-order valence-electron chi connectivity index (χ0n) is 10.5. The van der Waals surface area contributed by atoms with Gasteiger partial charge >= 0.3 is 0 Å². The molecule has 0 aliphatic carbocycles. The van der Waals surface area contributed by atoms with Crippen molar-refractivity contribution in [1.82, 2.24) is 9.97 Å². The second-order valence-corrected chi connectivity index (χ2v) is 7.11. The Hall–Kier alpha value is -0.820. The third kappa shape index (κ3) is 3.82. The first-order valence-electron chi connectivity index (χ1n) is 5.71. The predicted molar refractivity (Wildman–Crippen MR) is 81.2 cm³/mol. The highest BCUT2D eigenvalue weighted by atomic mass is 35.5. The number of aryl methyl sites for hydroxylation is 1. The second-order valence-electron chi connectivity index (χ2n) is 4.23. The van der Waals surface area contributed by atoms with E-state index in [1.54, 1.807) is 6.92 Å². The molecule has 3 N–H and O–H groups in total. The highest BCUT2D eigenvalue weighted by Crippen LogP contribution is 2.39. The van der Waals surface area contributed by atoms with E-state index >= 15 is 0 Å². The molecule has 2 aromatic rings. The zero-order chi connectivity index (χ0) is 14.0. The van der Waals surface area contributed by atoms with Crippen LogP contribution in [0.15, 0.2) is 28.2 Å². The van der Waals surface area contributed by atoms with Crippen molar-refractivity contribution in [1.29, 1.82) is 0 Å². The van der Waals surface area contributed by atoms with E-state index < -0.39 is 0 Å². The van der Waals surface area contributed by atoms with Crippen molar-refractivity contribution >= 4 is 34.7 Å². The number of thioether (sulfide) groups is 1. The van der Waals surface area contributed by atoms with Gasteiger partial charge in [-0.2, -0.15) is 0 Å². The summed E-state index contributed by atoms with van der Waals surface area (Å²) >= 11 is 8.91. The summed E-state index contributed by atoms with van der Waals surface area (Å²) in [6, 6.07) is 5.20. The molecular weight excluding hydrogens is 302 g/mol. The molecule has 2 rings (SSSR count). The summed E-state index contributed by atoms with van der Waals surface area (Å²) in [6.07, 6.45) is 0. The number of nitrogens with one attached hydrogen (secondary N) is 1. The molecule has 7 heteroatoms. The Kier molecular flexibility index (Phi) is 4.67. The Balaban J connectivity index is 2.28. The smallest absolute Gasteiger partial charge is 0.251 e. The molecular formula is C12H14ClN3OS2. The molecule has 0 aliphatic rings. The molecule has 2 atom stereocenters. The van der Waals surface area contributed by atoms with Gasteiger partial charge in [0.25, 0.3) is 5.56 Å². The van der Waals surface area contributed by atoms with Crippen LogP contribution >= 0.6 is 34.7 Å². The third-order valence-corrected chi connectivity index (χ3v) is 5.26. The SMILES string of the molecule is Cc1cc(=O)[nH]c(SC(c2ccc(Cl)s2)C(C)N)n1. The van der Waals surface area contributed by atoms with Gasteiger partial charge in [-0.05, 0) is 26.0 Å². The summed E-state index contributed by atoms with van der Waals surface area (Å²) in [6.45, 7) is 3.72. The molecule has 0 saturated carbocycles. The topological polar surface area (TPSA) is 71.8 Å². The van der Waals surface area contributed by atoms with Gasteiger partial charge in [-0.15, -0.1) is 11.3 Å². The Bertz CT molecular complexity index is 623. The van der Waals surface area contributed by atoms with Crippen molar-refractivity contribution in [3.8, 4) is 0 Å². The number of rotatable bonds is 4. The molecule has 0 saturated heterocycles. The number of halogens is 1. The number of H-pyrrole nitrogens is 1. The number of thiophene rings is 1. The number of hydrogen-bond acceptors (Lipinski definition) is 5. The van der Waals surface area contributed by atoms with Gasteiger partial charge in [-0.1, -0.05) is 23.4 Å². The third-order valence-electron chi connectivity index (χ3n) is 2.44. The molecule has 0 spiro atoms. The number of aromatic nitrogens is 2. The average molecular weight is 316 g/mol. The lowest BCUT2D eigenvalue weighted by atomic mass is 10.2. The maximum Gasteiger partial charge on any atom is 0.251 e.